The molecular formula is C20H28N2O3. The standard InChI is InChI=1S/C20H28N2O3/c1-14(21-20(24)15-8-2-3-9-15)19(23)22-17-12-6-7-13-18(17)25-16-10-4-5-11-16/h6-7,12-16H,2-5,8-11H2,1H3,(H,21,24)(H,22,23). The first-order chi connectivity index (χ1) is 12.1. The fraction of sp³-hybridized carbons (Fsp3) is 0.600. The zero-order chi connectivity index (χ0) is 17.6. The van der Waals surface area contributed by atoms with E-state index in [1.54, 1.807) is 6.92 Å². The van der Waals surface area contributed by atoms with Gasteiger partial charge in [-0.15, -0.1) is 0 Å². The SMILES string of the molecule is CC(NC(=O)C1CCCC1)C(=O)Nc1ccccc1OC1CCCC1. The highest BCUT2D eigenvalue weighted by atomic mass is 16.5. The van der Waals surface area contributed by atoms with Gasteiger partial charge in [0.25, 0.3) is 0 Å². The molecule has 0 aliphatic heterocycles. The Morgan fingerprint density at radius 2 is 1.68 bits per heavy atom. The van der Waals surface area contributed by atoms with Crippen molar-refractivity contribution < 1.29 is 14.3 Å². The predicted molar refractivity (Wildman–Crippen MR) is 97.5 cm³/mol. The van der Waals surface area contributed by atoms with Gasteiger partial charge in [0, 0.05) is 5.92 Å². The second-order valence-electron chi connectivity index (χ2n) is 7.22. The Kier molecular flexibility index (Phi) is 5.95. The molecule has 2 amide bonds. The zero-order valence-electron chi connectivity index (χ0n) is 14.9. The normalized spacial score (nSPS) is 19.6. The van der Waals surface area contributed by atoms with Crippen LogP contribution < -0.4 is 15.4 Å². The number of hydrogen-bond acceptors (Lipinski definition) is 3. The fourth-order valence-electron chi connectivity index (χ4n) is 3.68. The van der Waals surface area contributed by atoms with E-state index < -0.39 is 6.04 Å². The van der Waals surface area contributed by atoms with Gasteiger partial charge in [0.15, 0.2) is 0 Å². The van der Waals surface area contributed by atoms with Crippen molar-refractivity contribution >= 4 is 17.5 Å². The molecule has 2 aliphatic carbocycles. The lowest BCUT2D eigenvalue weighted by Gasteiger charge is -2.19. The van der Waals surface area contributed by atoms with Crippen LogP contribution in [0.25, 0.3) is 0 Å². The summed E-state index contributed by atoms with van der Waals surface area (Å²) in [5.74, 6) is 0.551. The van der Waals surface area contributed by atoms with E-state index in [2.05, 4.69) is 10.6 Å². The largest absolute Gasteiger partial charge is 0.488 e. The lowest BCUT2D eigenvalue weighted by atomic mass is 10.1. The molecule has 0 heterocycles. The third-order valence-electron chi connectivity index (χ3n) is 5.22. The summed E-state index contributed by atoms with van der Waals surface area (Å²) in [6.07, 6.45) is 8.82. The Balaban J connectivity index is 1.57. The average molecular weight is 344 g/mol. The van der Waals surface area contributed by atoms with E-state index in [-0.39, 0.29) is 23.8 Å². The van der Waals surface area contributed by atoms with Crippen molar-refractivity contribution in [1.82, 2.24) is 5.32 Å². The maximum atomic E-state index is 12.5. The minimum Gasteiger partial charge on any atom is -0.488 e. The minimum atomic E-state index is -0.562. The number of carbonyl (C=O) groups excluding carboxylic acids is 2. The highest BCUT2D eigenvalue weighted by Crippen LogP contribution is 2.30. The van der Waals surface area contributed by atoms with E-state index >= 15 is 0 Å². The van der Waals surface area contributed by atoms with Gasteiger partial charge in [0.05, 0.1) is 11.8 Å². The number of para-hydroxylation sites is 2. The number of nitrogens with one attached hydrogen (secondary N) is 2. The number of amides is 2. The third kappa shape index (κ3) is 4.74. The van der Waals surface area contributed by atoms with E-state index in [4.69, 9.17) is 4.74 Å². The molecule has 1 aromatic carbocycles. The van der Waals surface area contributed by atoms with Crippen LogP contribution in [0.15, 0.2) is 24.3 Å². The van der Waals surface area contributed by atoms with Crippen LogP contribution in [0, 0.1) is 5.92 Å². The third-order valence-corrected chi connectivity index (χ3v) is 5.22. The van der Waals surface area contributed by atoms with Crippen LogP contribution in [0.5, 0.6) is 5.75 Å². The fourth-order valence-corrected chi connectivity index (χ4v) is 3.68. The molecular weight excluding hydrogens is 316 g/mol. The van der Waals surface area contributed by atoms with Crippen molar-refractivity contribution in [2.45, 2.75) is 70.4 Å². The maximum absolute atomic E-state index is 12.5. The smallest absolute Gasteiger partial charge is 0.246 e. The quantitative estimate of drug-likeness (QED) is 0.828. The van der Waals surface area contributed by atoms with Gasteiger partial charge in [0.1, 0.15) is 11.8 Å². The van der Waals surface area contributed by atoms with Crippen LogP contribution in [-0.2, 0) is 9.59 Å². The Morgan fingerprint density at radius 1 is 1.04 bits per heavy atom. The Labute approximate surface area is 149 Å². The highest BCUT2D eigenvalue weighted by Gasteiger charge is 2.26. The number of hydrogen-bond donors (Lipinski definition) is 2. The number of benzene rings is 1. The van der Waals surface area contributed by atoms with Crippen molar-refractivity contribution in [2.24, 2.45) is 5.92 Å². The molecule has 5 heteroatoms. The summed E-state index contributed by atoms with van der Waals surface area (Å²) in [5.41, 5.74) is 0.668. The summed E-state index contributed by atoms with van der Waals surface area (Å²) in [6, 6.07) is 6.95. The first-order valence-electron chi connectivity index (χ1n) is 9.50. The van der Waals surface area contributed by atoms with Crippen LogP contribution in [0.4, 0.5) is 5.69 Å². The van der Waals surface area contributed by atoms with Crippen LogP contribution in [0.1, 0.15) is 58.3 Å². The van der Waals surface area contributed by atoms with E-state index in [1.165, 1.54) is 12.8 Å². The molecule has 1 atom stereocenters. The molecule has 5 nitrogen and oxygen atoms in total. The summed E-state index contributed by atoms with van der Waals surface area (Å²) in [6.45, 7) is 1.72. The van der Waals surface area contributed by atoms with Crippen molar-refractivity contribution in [3.63, 3.8) is 0 Å². The van der Waals surface area contributed by atoms with Crippen LogP contribution >= 0.6 is 0 Å². The van der Waals surface area contributed by atoms with E-state index in [0.717, 1.165) is 38.5 Å². The molecule has 2 fully saturated rings. The van der Waals surface area contributed by atoms with Crippen molar-refractivity contribution in [3.05, 3.63) is 24.3 Å². The van der Waals surface area contributed by atoms with Gasteiger partial charge < -0.3 is 15.4 Å². The number of anilines is 1. The molecule has 2 aliphatic rings. The number of ether oxygens (including phenoxy) is 1. The summed E-state index contributed by atoms with van der Waals surface area (Å²) in [5, 5.41) is 5.74. The van der Waals surface area contributed by atoms with Gasteiger partial charge in [-0.25, -0.2) is 0 Å². The summed E-state index contributed by atoms with van der Waals surface area (Å²) in [4.78, 5) is 24.7. The second kappa shape index (κ2) is 8.37. The van der Waals surface area contributed by atoms with E-state index in [1.807, 2.05) is 24.3 Å². The molecule has 0 radical (unpaired) electrons. The monoisotopic (exact) mass is 344 g/mol. The van der Waals surface area contributed by atoms with Gasteiger partial charge in [-0.3, -0.25) is 9.59 Å². The van der Waals surface area contributed by atoms with Gasteiger partial charge in [-0.2, -0.15) is 0 Å². The van der Waals surface area contributed by atoms with Gasteiger partial charge in [-0.1, -0.05) is 25.0 Å². The number of rotatable bonds is 6. The molecule has 0 aromatic heterocycles. The molecule has 2 N–H and O–H groups in total. The summed E-state index contributed by atoms with van der Waals surface area (Å²) in [7, 11) is 0. The number of carbonyl (C=O) groups is 2. The molecule has 1 unspecified atom stereocenters. The molecule has 25 heavy (non-hydrogen) atoms. The van der Waals surface area contributed by atoms with E-state index in [0.29, 0.717) is 11.4 Å². The summed E-state index contributed by atoms with van der Waals surface area (Å²) < 4.78 is 6.05. The topological polar surface area (TPSA) is 67.4 Å². The Bertz CT molecular complexity index is 605. The van der Waals surface area contributed by atoms with Crippen LogP contribution in [0.2, 0.25) is 0 Å². The first kappa shape index (κ1) is 17.8. The average Bonchev–Trinajstić information content (AvgIpc) is 3.30. The molecule has 0 spiro atoms. The molecule has 3 rings (SSSR count). The molecule has 0 bridgehead atoms. The molecule has 136 valence electrons. The first-order valence-corrected chi connectivity index (χ1v) is 9.50. The zero-order valence-corrected chi connectivity index (χ0v) is 14.9. The maximum Gasteiger partial charge on any atom is 0.246 e. The lowest BCUT2D eigenvalue weighted by molar-refractivity contribution is -0.128. The second-order valence-corrected chi connectivity index (χ2v) is 7.22. The molecule has 1 aromatic rings. The van der Waals surface area contributed by atoms with E-state index in [9.17, 15) is 9.59 Å². The van der Waals surface area contributed by atoms with Gasteiger partial charge in [0.2, 0.25) is 11.8 Å². The van der Waals surface area contributed by atoms with Gasteiger partial charge in [-0.05, 0) is 57.6 Å². The van der Waals surface area contributed by atoms with Crippen molar-refractivity contribution in [2.75, 3.05) is 5.32 Å². The Hall–Kier alpha value is -2.04. The predicted octanol–water partition coefficient (Wildman–Crippen LogP) is 3.64. The highest BCUT2D eigenvalue weighted by molar-refractivity contribution is 5.98. The van der Waals surface area contributed by atoms with Crippen LogP contribution in [0.3, 0.4) is 0 Å². The van der Waals surface area contributed by atoms with Crippen molar-refractivity contribution in [3.8, 4) is 5.75 Å². The summed E-state index contributed by atoms with van der Waals surface area (Å²) >= 11 is 0. The minimum absolute atomic E-state index is 0.00404. The lowest BCUT2D eigenvalue weighted by Crippen LogP contribution is -2.43. The van der Waals surface area contributed by atoms with Crippen molar-refractivity contribution in [1.29, 1.82) is 0 Å². The van der Waals surface area contributed by atoms with Crippen LogP contribution in [-0.4, -0.2) is 24.0 Å². The molecule has 2 saturated carbocycles. The Morgan fingerprint density at radius 3 is 2.40 bits per heavy atom. The van der Waals surface area contributed by atoms with Gasteiger partial charge >= 0.3 is 0 Å². The molecule has 0 saturated heterocycles.